The molecule has 0 aliphatic carbocycles. The Morgan fingerprint density at radius 3 is 2.75 bits per heavy atom. The molecule has 298 valence electrons. The van der Waals surface area contributed by atoms with Crippen molar-refractivity contribution in [1.29, 1.82) is 0 Å². The number of rotatable bonds is 3. The number of carbonyl (C=O) groups excluding carboxylic acids is 2. The van der Waals surface area contributed by atoms with Gasteiger partial charge in [-0.25, -0.2) is 4.79 Å². The van der Waals surface area contributed by atoms with Gasteiger partial charge in [-0.3, -0.25) is 19.9 Å². The van der Waals surface area contributed by atoms with Crippen LogP contribution in [0.4, 0.5) is 4.79 Å². The van der Waals surface area contributed by atoms with E-state index in [1.54, 1.807) is 14.0 Å². The van der Waals surface area contributed by atoms with Crippen LogP contribution in [0.2, 0.25) is 0 Å². The van der Waals surface area contributed by atoms with E-state index < -0.39 is 41.3 Å². The van der Waals surface area contributed by atoms with Gasteiger partial charge in [0.15, 0.2) is 28.8 Å². The quantitative estimate of drug-likeness (QED) is 0.125. The average Bonchev–Trinajstić information content (AvgIpc) is 3.83. The maximum atomic E-state index is 14.8. The number of aliphatic hydroxyl groups is 1. The number of hydrogen-bond donors (Lipinski definition) is 4. The minimum atomic E-state index is -1.19. The molecular formula is C42H44N4O10S. The van der Waals surface area contributed by atoms with E-state index in [1.165, 1.54) is 11.8 Å². The molecule has 4 bridgehead atoms. The van der Waals surface area contributed by atoms with E-state index in [0.29, 0.717) is 52.5 Å². The standard InChI is InChI=1S/C42H44N4O10S/c1-6-53-41(50)56-35-20(3)36-37(55-18-54-36)29-26-15-52-16-27(47)42(39-23(11-12-43-42)22-9-7-8-10-24(22)44-39)17-57-38(30(29)35)32-31-28-21(13-19(2)34(51-5)33(28)48)14-25(45(31)4)40(49)46(26)32/h6-10,13,25-26,31-32,38,40,43-44,48-49H,1,11-12,14-18H2,2-5H3/t25-,26+,31+,32?,38-,40+,42+/m1/s1. The molecule has 11 rings (SSSR count). The molecule has 3 aromatic carbocycles. The third-order valence-corrected chi connectivity index (χ3v) is 14.5. The topological polar surface area (TPSA) is 164 Å². The second-order valence-electron chi connectivity index (χ2n) is 15.7. The monoisotopic (exact) mass is 796 g/mol. The molecule has 1 aromatic heterocycles. The van der Waals surface area contributed by atoms with Gasteiger partial charge in [0, 0.05) is 57.2 Å². The number of aliphatic hydroxyl groups excluding tert-OH is 1. The Morgan fingerprint density at radius 2 is 1.95 bits per heavy atom. The van der Waals surface area contributed by atoms with Gasteiger partial charge < -0.3 is 43.6 Å². The molecule has 2 saturated heterocycles. The Hall–Kier alpha value is -4.77. The van der Waals surface area contributed by atoms with Gasteiger partial charge in [-0.2, -0.15) is 0 Å². The molecule has 4 aromatic rings. The Balaban J connectivity index is 1.25. The number of hydrogen-bond acceptors (Lipinski definition) is 14. The Morgan fingerprint density at radius 1 is 1.14 bits per heavy atom. The second-order valence-corrected chi connectivity index (χ2v) is 16.8. The molecule has 7 atom stereocenters. The molecule has 15 heteroatoms. The number of phenols is 1. The number of ketones is 1. The lowest BCUT2D eigenvalue weighted by Gasteiger charge is -2.61. The number of thioether (sulfide) groups is 1. The number of aromatic hydroxyl groups is 1. The highest BCUT2D eigenvalue weighted by molar-refractivity contribution is 7.99. The number of carbonyl (C=O) groups is 2. The van der Waals surface area contributed by atoms with E-state index in [2.05, 4.69) is 32.7 Å². The van der Waals surface area contributed by atoms with Crippen LogP contribution in [-0.2, 0) is 32.6 Å². The van der Waals surface area contributed by atoms with E-state index in [-0.39, 0.29) is 49.1 Å². The summed E-state index contributed by atoms with van der Waals surface area (Å²) in [4.78, 5) is 35.9. The fourth-order valence-electron chi connectivity index (χ4n) is 10.6. The van der Waals surface area contributed by atoms with Crippen molar-refractivity contribution in [1.82, 2.24) is 20.1 Å². The van der Waals surface area contributed by atoms with Gasteiger partial charge in [-0.15, -0.1) is 11.8 Å². The van der Waals surface area contributed by atoms with Crippen LogP contribution < -0.4 is 24.3 Å². The van der Waals surface area contributed by atoms with E-state index in [0.717, 1.165) is 46.0 Å². The molecule has 8 heterocycles. The number of nitrogens with zero attached hydrogens (tertiary/aromatic N) is 2. The number of benzene rings is 3. The number of Topliss-reactive ketones (excluding diaryl/α,β-unsaturated/α-hetero) is 1. The summed E-state index contributed by atoms with van der Waals surface area (Å²) in [5.41, 5.74) is 5.86. The van der Waals surface area contributed by atoms with Crippen LogP contribution in [-0.4, -0.2) is 102 Å². The first kappa shape index (κ1) is 36.6. The number of aromatic nitrogens is 1. The number of phenolic OH excluding ortho intramolecular Hbond substituents is 1. The van der Waals surface area contributed by atoms with E-state index >= 15 is 0 Å². The van der Waals surface area contributed by atoms with Crippen LogP contribution in [0.1, 0.15) is 62.0 Å². The van der Waals surface area contributed by atoms with Crippen molar-refractivity contribution in [2.24, 2.45) is 0 Å². The van der Waals surface area contributed by atoms with E-state index in [9.17, 15) is 19.8 Å². The number of ether oxygens (including phenoxy) is 6. The van der Waals surface area contributed by atoms with Crippen molar-refractivity contribution in [2.75, 3.05) is 46.5 Å². The Bertz CT molecular complexity index is 2380. The van der Waals surface area contributed by atoms with Gasteiger partial charge in [0.05, 0.1) is 43.4 Å². The highest BCUT2D eigenvalue weighted by Gasteiger charge is 2.61. The maximum Gasteiger partial charge on any atom is 0.518 e. The number of aryl methyl sites for hydroxylation is 1. The molecule has 14 nitrogen and oxygen atoms in total. The molecule has 4 N–H and O–H groups in total. The number of H-pyrrole nitrogens is 1. The summed E-state index contributed by atoms with van der Waals surface area (Å²) in [5.74, 6) is 1.65. The first-order valence-electron chi connectivity index (χ1n) is 19.2. The smallest absolute Gasteiger partial charge is 0.504 e. The molecule has 0 amide bonds. The number of piperazine rings is 1. The van der Waals surface area contributed by atoms with Crippen molar-refractivity contribution in [3.63, 3.8) is 0 Å². The number of para-hydroxylation sites is 1. The zero-order valence-electron chi connectivity index (χ0n) is 32.0. The highest BCUT2D eigenvalue weighted by atomic mass is 32.2. The number of fused-ring (bicyclic) bond motifs is 12. The first-order valence-corrected chi connectivity index (χ1v) is 20.2. The maximum absolute atomic E-state index is 14.8. The summed E-state index contributed by atoms with van der Waals surface area (Å²) in [6.45, 7) is 7.52. The summed E-state index contributed by atoms with van der Waals surface area (Å²) in [6, 6.07) is 7.95. The lowest BCUT2D eigenvalue weighted by molar-refractivity contribution is -0.181. The van der Waals surface area contributed by atoms with E-state index in [4.69, 9.17) is 28.4 Å². The van der Waals surface area contributed by atoms with Gasteiger partial charge in [-0.05, 0) is 56.5 Å². The second kappa shape index (κ2) is 13.4. The summed E-state index contributed by atoms with van der Waals surface area (Å²) in [7, 11) is 3.52. The molecule has 1 spiro atoms. The first-order chi connectivity index (χ1) is 27.6. The Labute approximate surface area is 333 Å². The van der Waals surface area contributed by atoms with Crippen LogP contribution in [0.25, 0.3) is 10.9 Å². The van der Waals surface area contributed by atoms with Gasteiger partial charge in [0.1, 0.15) is 24.1 Å². The SMILES string of the molecule is C=COC(=O)Oc1c(C)c2c(c3c1[C@H]1SC[C@]4(NCCc5c4[nH]c4ccccc54)C(=O)COC[C@@H]3N3C1[C@@H]1c4c(cc(C)c(OC)c4O)C[C@H]([C@@H]3O)N1C)OCO2. The number of methoxy groups -OCH3 is 1. The summed E-state index contributed by atoms with van der Waals surface area (Å²) in [5, 5.41) is 28.9. The normalized spacial score (nSPS) is 28.9. The van der Waals surface area contributed by atoms with Crippen molar-refractivity contribution in [2.45, 2.75) is 67.9 Å². The zero-order chi connectivity index (χ0) is 39.5. The fraction of sp³-hybridized carbons (Fsp3) is 0.429. The van der Waals surface area contributed by atoms with Crippen molar-refractivity contribution in [3.05, 3.63) is 87.8 Å². The van der Waals surface area contributed by atoms with Gasteiger partial charge in [-0.1, -0.05) is 30.8 Å². The molecule has 57 heavy (non-hydrogen) atoms. The third-order valence-electron chi connectivity index (χ3n) is 13.0. The van der Waals surface area contributed by atoms with Crippen LogP contribution >= 0.6 is 11.8 Å². The lowest BCUT2D eigenvalue weighted by Crippen LogP contribution is -2.69. The summed E-state index contributed by atoms with van der Waals surface area (Å²) < 4.78 is 35.9. The fourth-order valence-corrected chi connectivity index (χ4v) is 12.4. The van der Waals surface area contributed by atoms with Crippen LogP contribution in [0.5, 0.6) is 28.7 Å². The molecule has 0 saturated carbocycles. The molecule has 2 fully saturated rings. The van der Waals surface area contributed by atoms with Crippen LogP contribution in [0.3, 0.4) is 0 Å². The number of aromatic amines is 1. The van der Waals surface area contributed by atoms with Crippen molar-refractivity contribution in [3.8, 4) is 28.7 Å². The molecule has 7 aliphatic heterocycles. The number of nitrogens with one attached hydrogen (secondary N) is 2. The molecular weight excluding hydrogens is 753 g/mol. The minimum absolute atomic E-state index is 0.0199. The predicted molar refractivity (Wildman–Crippen MR) is 209 cm³/mol. The van der Waals surface area contributed by atoms with Gasteiger partial charge >= 0.3 is 6.16 Å². The third kappa shape index (κ3) is 5.09. The average molecular weight is 797 g/mol. The number of likely N-dealkylation sites (N-methyl/N-ethyl adjacent to an activating group) is 1. The summed E-state index contributed by atoms with van der Waals surface area (Å²) in [6.07, 6.45) is 0.199. The molecule has 7 aliphatic rings. The largest absolute Gasteiger partial charge is 0.518 e. The van der Waals surface area contributed by atoms with Crippen molar-refractivity contribution < 1.29 is 48.2 Å². The molecule has 0 radical (unpaired) electrons. The molecule has 1 unspecified atom stereocenters. The van der Waals surface area contributed by atoms with E-state index in [1.807, 2.05) is 38.2 Å². The zero-order valence-corrected chi connectivity index (χ0v) is 32.9. The van der Waals surface area contributed by atoms with Gasteiger partial charge in [0.2, 0.25) is 6.79 Å². The Kier molecular flexibility index (Phi) is 8.59. The predicted octanol–water partition coefficient (Wildman–Crippen LogP) is 4.96. The van der Waals surface area contributed by atoms with Crippen molar-refractivity contribution >= 4 is 34.6 Å². The van der Waals surface area contributed by atoms with Crippen LogP contribution in [0, 0.1) is 13.8 Å². The lowest BCUT2D eigenvalue weighted by atomic mass is 9.73. The minimum Gasteiger partial charge on any atom is -0.504 e. The highest BCUT2D eigenvalue weighted by Crippen LogP contribution is 2.64. The van der Waals surface area contributed by atoms with Gasteiger partial charge in [0.25, 0.3) is 0 Å². The van der Waals surface area contributed by atoms with Crippen LogP contribution in [0.15, 0.2) is 43.2 Å². The summed E-state index contributed by atoms with van der Waals surface area (Å²) >= 11 is 1.53.